The average molecular weight is 283 g/mol. The Hall–Kier alpha value is -0.120. The van der Waals surface area contributed by atoms with Gasteiger partial charge in [0.1, 0.15) is 0 Å². The molecule has 0 amide bonds. The quantitative estimate of drug-likeness (QED) is 0.725. The van der Waals surface area contributed by atoms with Crippen molar-refractivity contribution in [1.82, 2.24) is 5.32 Å². The molecule has 2 fully saturated rings. The van der Waals surface area contributed by atoms with E-state index in [1.165, 1.54) is 44.9 Å². The van der Waals surface area contributed by atoms with Crippen molar-refractivity contribution in [3.05, 3.63) is 0 Å². The summed E-state index contributed by atoms with van der Waals surface area (Å²) >= 11 is 0. The van der Waals surface area contributed by atoms with Gasteiger partial charge in [0.05, 0.1) is 5.60 Å². The summed E-state index contributed by atoms with van der Waals surface area (Å²) in [7, 11) is 2.10. The summed E-state index contributed by atoms with van der Waals surface area (Å²) in [5.74, 6) is 0.761. The minimum Gasteiger partial charge on any atom is -0.381 e. The molecule has 0 aromatic carbocycles. The highest BCUT2D eigenvalue weighted by Crippen LogP contribution is 2.41. The van der Waals surface area contributed by atoms with Crippen molar-refractivity contribution in [1.29, 1.82) is 0 Å². The van der Waals surface area contributed by atoms with Crippen LogP contribution in [0.2, 0.25) is 0 Å². The SMILES string of the molecule is CCCOCCC(NC)C1CCOC2(CCCCC2)C1. The molecule has 20 heavy (non-hydrogen) atoms. The van der Waals surface area contributed by atoms with Gasteiger partial charge < -0.3 is 14.8 Å². The van der Waals surface area contributed by atoms with Crippen LogP contribution in [-0.4, -0.2) is 38.5 Å². The Kier molecular flexibility index (Phi) is 6.79. The predicted molar refractivity (Wildman–Crippen MR) is 83.1 cm³/mol. The topological polar surface area (TPSA) is 30.5 Å². The fourth-order valence-corrected chi connectivity index (χ4v) is 4.03. The summed E-state index contributed by atoms with van der Waals surface area (Å²) < 4.78 is 11.9. The van der Waals surface area contributed by atoms with Gasteiger partial charge in [-0.05, 0) is 51.5 Å². The van der Waals surface area contributed by atoms with Crippen LogP contribution < -0.4 is 5.32 Å². The molecule has 0 aromatic heterocycles. The van der Waals surface area contributed by atoms with Crippen molar-refractivity contribution < 1.29 is 9.47 Å². The number of hydrogen-bond acceptors (Lipinski definition) is 3. The molecule has 1 aliphatic heterocycles. The zero-order valence-corrected chi connectivity index (χ0v) is 13.5. The lowest BCUT2D eigenvalue weighted by atomic mass is 9.73. The maximum atomic E-state index is 6.22. The summed E-state index contributed by atoms with van der Waals surface area (Å²) in [5, 5.41) is 3.54. The summed E-state index contributed by atoms with van der Waals surface area (Å²) in [6, 6.07) is 0.592. The van der Waals surface area contributed by atoms with Crippen molar-refractivity contribution in [3.63, 3.8) is 0 Å². The second-order valence-corrected chi connectivity index (χ2v) is 6.64. The van der Waals surface area contributed by atoms with Crippen LogP contribution >= 0.6 is 0 Å². The van der Waals surface area contributed by atoms with Gasteiger partial charge in [0.15, 0.2) is 0 Å². The van der Waals surface area contributed by atoms with Crippen molar-refractivity contribution >= 4 is 0 Å². The Morgan fingerprint density at radius 2 is 2.05 bits per heavy atom. The Morgan fingerprint density at radius 3 is 2.75 bits per heavy atom. The molecule has 2 rings (SSSR count). The maximum absolute atomic E-state index is 6.22. The third-order valence-corrected chi connectivity index (χ3v) is 5.16. The van der Waals surface area contributed by atoms with Crippen LogP contribution in [0.5, 0.6) is 0 Å². The van der Waals surface area contributed by atoms with Gasteiger partial charge in [-0.1, -0.05) is 26.2 Å². The highest BCUT2D eigenvalue weighted by molar-refractivity contribution is 4.92. The molecular formula is C17H33NO2. The minimum atomic E-state index is 0.223. The minimum absolute atomic E-state index is 0.223. The lowest BCUT2D eigenvalue weighted by Gasteiger charge is -2.45. The van der Waals surface area contributed by atoms with Crippen LogP contribution in [0, 0.1) is 5.92 Å². The monoisotopic (exact) mass is 283 g/mol. The lowest BCUT2D eigenvalue weighted by molar-refractivity contribution is -0.122. The summed E-state index contributed by atoms with van der Waals surface area (Å²) in [6.45, 7) is 4.91. The average Bonchev–Trinajstić information content (AvgIpc) is 2.48. The van der Waals surface area contributed by atoms with Crippen molar-refractivity contribution in [2.75, 3.05) is 26.9 Å². The normalized spacial score (nSPS) is 27.6. The van der Waals surface area contributed by atoms with Crippen LogP contribution in [0.3, 0.4) is 0 Å². The van der Waals surface area contributed by atoms with Crippen LogP contribution in [-0.2, 0) is 9.47 Å². The first-order valence-electron chi connectivity index (χ1n) is 8.68. The molecule has 0 radical (unpaired) electrons. The molecule has 2 aliphatic rings. The summed E-state index contributed by atoms with van der Waals surface area (Å²) in [5.41, 5.74) is 0.223. The van der Waals surface area contributed by atoms with Gasteiger partial charge in [0, 0.05) is 25.9 Å². The van der Waals surface area contributed by atoms with Crippen LogP contribution in [0.25, 0.3) is 0 Å². The first-order chi connectivity index (χ1) is 9.79. The number of rotatable bonds is 7. The Bertz CT molecular complexity index is 258. The van der Waals surface area contributed by atoms with E-state index in [-0.39, 0.29) is 5.60 Å². The first-order valence-corrected chi connectivity index (χ1v) is 8.68. The highest BCUT2D eigenvalue weighted by Gasteiger charge is 2.40. The van der Waals surface area contributed by atoms with Gasteiger partial charge in [-0.3, -0.25) is 0 Å². The Morgan fingerprint density at radius 1 is 1.25 bits per heavy atom. The van der Waals surface area contributed by atoms with E-state index in [0.29, 0.717) is 6.04 Å². The van der Waals surface area contributed by atoms with Gasteiger partial charge >= 0.3 is 0 Å². The molecule has 3 heteroatoms. The standard InChI is InChI=1S/C17H33NO2/c1-3-11-19-12-8-16(18-2)15-7-13-20-17(14-15)9-5-4-6-10-17/h15-16,18H,3-14H2,1-2H3. The third-order valence-electron chi connectivity index (χ3n) is 5.16. The van der Waals surface area contributed by atoms with Gasteiger partial charge in [-0.2, -0.15) is 0 Å². The van der Waals surface area contributed by atoms with E-state index in [2.05, 4.69) is 19.3 Å². The van der Waals surface area contributed by atoms with Crippen molar-refractivity contribution in [2.24, 2.45) is 5.92 Å². The summed E-state index contributed by atoms with van der Waals surface area (Å²) in [6.07, 6.45) is 11.4. The fraction of sp³-hybridized carbons (Fsp3) is 1.00. The molecule has 0 aromatic rings. The first kappa shape index (κ1) is 16.3. The molecule has 3 nitrogen and oxygen atoms in total. The van der Waals surface area contributed by atoms with Crippen molar-refractivity contribution in [2.45, 2.75) is 76.4 Å². The molecule has 1 saturated carbocycles. The van der Waals surface area contributed by atoms with E-state index >= 15 is 0 Å². The van der Waals surface area contributed by atoms with Crippen LogP contribution in [0.4, 0.5) is 0 Å². The Labute approximate surface area is 124 Å². The molecule has 1 N–H and O–H groups in total. The highest BCUT2D eigenvalue weighted by atomic mass is 16.5. The molecule has 1 heterocycles. The molecule has 2 atom stereocenters. The smallest absolute Gasteiger partial charge is 0.0685 e. The van der Waals surface area contributed by atoms with Gasteiger partial charge in [-0.15, -0.1) is 0 Å². The Balaban J connectivity index is 1.82. The molecular weight excluding hydrogens is 250 g/mol. The number of nitrogens with one attached hydrogen (secondary N) is 1. The number of ether oxygens (including phenoxy) is 2. The predicted octanol–water partition coefficient (Wildman–Crippen LogP) is 3.52. The largest absolute Gasteiger partial charge is 0.381 e. The number of hydrogen-bond donors (Lipinski definition) is 1. The second kappa shape index (κ2) is 8.35. The molecule has 1 spiro atoms. The van der Waals surface area contributed by atoms with E-state index in [1.54, 1.807) is 0 Å². The lowest BCUT2D eigenvalue weighted by Crippen LogP contribution is -2.47. The van der Waals surface area contributed by atoms with Crippen molar-refractivity contribution in [3.8, 4) is 0 Å². The van der Waals surface area contributed by atoms with E-state index in [9.17, 15) is 0 Å². The molecule has 1 saturated heterocycles. The molecule has 1 aliphatic carbocycles. The van der Waals surface area contributed by atoms with E-state index in [4.69, 9.17) is 9.47 Å². The molecule has 118 valence electrons. The van der Waals surface area contributed by atoms with E-state index < -0.39 is 0 Å². The molecule has 0 bridgehead atoms. The van der Waals surface area contributed by atoms with E-state index in [1.807, 2.05) is 0 Å². The van der Waals surface area contributed by atoms with Crippen LogP contribution in [0.1, 0.15) is 64.7 Å². The van der Waals surface area contributed by atoms with E-state index in [0.717, 1.165) is 38.6 Å². The fourth-order valence-electron chi connectivity index (χ4n) is 4.03. The zero-order chi connectivity index (χ0) is 14.3. The maximum Gasteiger partial charge on any atom is 0.0685 e. The van der Waals surface area contributed by atoms with Gasteiger partial charge in [-0.25, -0.2) is 0 Å². The summed E-state index contributed by atoms with van der Waals surface area (Å²) in [4.78, 5) is 0. The van der Waals surface area contributed by atoms with Gasteiger partial charge in [0.25, 0.3) is 0 Å². The van der Waals surface area contributed by atoms with Gasteiger partial charge in [0.2, 0.25) is 0 Å². The zero-order valence-electron chi connectivity index (χ0n) is 13.5. The molecule has 2 unspecified atom stereocenters. The second-order valence-electron chi connectivity index (χ2n) is 6.64. The third kappa shape index (κ3) is 4.44. The van der Waals surface area contributed by atoms with Crippen LogP contribution in [0.15, 0.2) is 0 Å².